The second-order valence-electron chi connectivity index (χ2n) is 7.84. The summed E-state index contributed by atoms with van der Waals surface area (Å²) in [6.07, 6.45) is 3.01. The number of hydrogen-bond acceptors (Lipinski definition) is 5. The third-order valence-corrected chi connectivity index (χ3v) is 6.56. The van der Waals surface area contributed by atoms with Crippen LogP contribution in [-0.4, -0.2) is 46.7 Å². The van der Waals surface area contributed by atoms with Crippen LogP contribution in [0.4, 0.5) is 17.1 Å². The number of nitrogens with one attached hydrogen (secondary N) is 1. The van der Waals surface area contributed by atoms with Crippen LogP contribution in [-0.2, 0) is 19.6 Å². The third-order valence-electron chi connectivity index (χ3n) is 5.36. The van der Waals surface area contributed by atoms with Gasteiger partial charge in [0.25, 0.3) is 0 Å². The summed E-state index contributed by atoms with van der Waals surface area (Å²) in [6.45, 7) is 2.79. The van der Waals surface area contributed by atoms with E-state index in [-0.39, 0.29) is 24.8 Å². The Morgan fingerprint density at radius 2 is 2.00 bits per heavy atom. The molecule has 0 bridgehead atoms. The predicted molar refractivity (Wildman–Crippen MR) is 126 cm³/mol. The Balaban J connectivity index is 1.62. The summed E-state index contributed by atoms with van der Waals surface area (Å²) in [4.78, 5) is 26.3. The van der Waals surface area contributed by atoms with Crippen molar-refractivity contribution in [2.24, 2.45) is 0 Å². The molecule has 0 radical (unpaired) electrons. The number of benzene rings is 2. The molecule has 2 aromatic rings. The van der Waals surface area contributed by atoms with E-state index in [4.69, 9.17) is 4.74 Å². The molecule has 1 heterocycles. The summed E-state index contributed by atoms with van der Waals surface area (Å²) in [5, 5.41) is 2.85. The Labute approximate surface area is 189 Å². The number of carbonyl (C=O) groups is 2. The van der Waals surface area contributed by atoms with Crippen LogP contribution < -0.4 is 19.3 Å². The molecule has 2 amide bonds. The van der Waals surface area contributed by atoms with Crippen molar-refractivity contribution in [2.45, 2.75) is 32.6 Å². The highest BCUT2D eigenvalue weighted by Gasteiger charge is 2.23. The van der Waals surface area contributed by atoms with E-state index in [0.717, 1.165) is 23.9 Å². The Hall–Kier alpha value is -3.07. The monoisotopic (exact) mass is 459 g/mol. The summed E-state index contributed by atoms with van der Waals surface area (Å²) < 4.78 is 31.0. The van der Waals surface area contributed by atoms with Gasteiger partial charge in [-0.3, -0.25) is 13.9 Å². The molecule has 0 atom stereocenters. The fraction of sp³-hybridized carbons (Fsp3) is 0.391. The number of methoxy groups -OCH3 is 1. The van der Waals surface area contributed by atoms with E-state index in [1.54, 1.807) is 35.2 Å². The van der Waals surface area contributed by atoms with Gasteiger partial charge in [0.1, 0.15) is 5.75 Å². The van der Waals surface area contributed by atoms with E-state index in [1.807, 2.05) is 19.1 Å². The van der Waals surface area contributed by atoms with Crippen LogP contribution in [0.1, 0.15) is 31.2 Å². The van der Waals surface area contributed by atoms with Crippen molar-refractivity contribution in [3.05, 3.63) is 48.0 Å². The van der Waals surface area contributed by atoms with E-state index < -0.39 is 10.0 Å². The lowest BCUT2D eigenvalue weighted by molar-refractivity contribution is -0.117. The fourth-order valence-corrected chi connectivity index (χ4v) is 4.70. The van der Waals surface area contributed by atoms with Gasteiger partial charge in [-0.05, 0) is 49.6 Å². The zero-order chi connectivity index (χ0) is 23.3. The summed E-state index contributed by atoms with van der Waals surface area (Å²) in [5.74, 6) is 0.433. The van der Waals surface area contributed by atoms with Crippen molar-refractivity contribution >= 4 is 38.9 Å². The fourth-order valence-electron chi connectivity index (χ4n) is 3.74. The first-order valence-corrected chi connectivity index (χ1v) is 12.4. The lowest BCUT2D eigenvalue weighted by atomic mass is 10.1. The van der Waals surface area contributed by atoms with Crippen molar-refractivity contribution < 1.29 is 22.7 Å². The van der Waals surface area contributed by atoms with Crippen molar-refractivity contribution in [1.29, 1.82) is 0 Å². The number of aryl methyl sites for hydroxylation is 1. The number of nitrogens with zero attached hydrogens (tertiary/aromatic N) is 2. The van der Waals surface area contributed by atoms with Gasteiger partial charge in [0.05, 0.1) is 19.1 Å². The number of anilines is 3. The maximum Gasteiger partial charge on any atom is 0.232 e. The molecule has 1 aliphatic heterocycles. The van der Waals surface area contributed by atoms with Gasteiger partial charge in [-0.1, -0.05) is 12.1 Å². The molecule has 0 unspecified atom stereocenters. The molecule has 1 N–H and O–H groups in total. The number of amides is 2. The minimum absolute atomic E-state index is 0.0926. The molecule has 3 rings (SSSR count). The summed E-state index contributed by atoms with van der Waals surface area (Å²) in [7, 11) is -2.00. The Morgan fingerprint density at radius 1 is 1.22 bits per heavy atom. The van der Waals surface area contributed by atoms with Gasteiger partial charge in [-0.15, -0.1) is 0 Å². The average Bonchev–Trinajstić information content (AvgIpc) is 3.17. The van der Waals surface area contributed by atoms with E-state index in [9.17, 15) is 18.0 Å². The van der Waals surface area contributed by atoms with Gasteiger partial charge < -0.3 is 15.0 Å². The topological polar surface area (TPSA) is 96.0 Å². The molecular formula is C23H29N3O5S. The van der Waals surface area contributed by atoms with Gasteiger partial charge >= 0.3 is 0 Å². The molecule has 9 heteroatoms. The van der Waals surface area contributed by atoms with Crippen molar-refractivity contribution in [1.82, 2.24) is 0 Å². The molecule has 2 aromatic carbocycles. The third kappa shape index (κ3) is 5.79. The van der Waals surface area contributed by atoms with E-state index in [1.165, 1.54) is 11.4 Å². The Kier molecular flexibility index (Phi) is 7.40. The summed E-state index contributed by atoms with van der Waals surface area (Å²) in [6, 6.07) is 12.3. The molecule has 172 valence electrons. The maximum absolute atomic E-state index is 12.5. The second kappa shape index (κ2) is 10.0. The first kappa shape index (κ1) is 23.6. The minimum Gasteiger partial charge on any atom is -0.497 e. The van der Waals surface area contributed by atoms with Gasteiger partial charge in [-0.25, -0.2) is 8.42 Å². The highest BCUT2D eigenvalue weighted by atomic mass is 32.2. The molecular weight excluding hydrogens is 430 g/mol. The number of rotatable bonds is 9. The number of ether oxygens (including phenoxy) is 1. The van der Waals surface area contributed by atoms with Gasteiger partial charge in [0, 0.05) is 43.4 Å². The van der Waals surface area contributed by atoms with Gasteiger partial charge in [0.2, 0.25) is 21.8 Å². The number of hydrogen-bond donors (Lipinski definition) is 1. The lowest BCUT2D eigenvalue weighted by Gasteiger charge is -2.23. The number of carbonyl (C=O) groups excluding carboxylic acids is 2. The zero-order valence-corrected chi connectivity index (χ0v) is 19.4. The van der Waals surface area contributed by atoms with Crippen LogP contribution in [0.2, 0.25) is 0 Å². The molecule has 1 fully saturated rings. The standard InChI is InChI=1S/C23H29N3O5S/c1-17-11-12-18(15-21(17)25-13-6-10-23(25)28)24-22(27)9-5-14-26(32(3,29)30)19-7-4-8-20(16-19)31-2/h4,7-8,11-12,15-16H,5-6,9-10,13-14H2,1-3H3,(H,24,27). The van der Waals surface area contributed by atoms with E-state index in [0.29, 0.717) is 36.5 Å². The lowest BCUT2D eigenvalue weighted by Crippen LogP contribution is -2.31. The zero-order valence-electron chi connectivity index (χ0n) is 18.6. The minimum atomic E-state index is -3.52. The van der Waals surface area contributed by atoms with Crippen LogP contribution in [0.25, 0.3) is 0 Å². The predicted octanol–water partition coefficient (Wildman–Crippen LogP) is 3.32. The maximum atomic E-state index is 12.5. The molecule has 1 saturated heterocycles. The molecule has 0 saturated carbocycles. The molecule has 1 aliphatic rings. The molecule has 0 spiro atoms. The van der Waals surface area contributed by atoms with E-state index in [2.05, 4.69) is 5.32 Å². The summed E-state index contributed by atoms with van der Waals surface area (Å²) in [5.41, 5.74) is 2.89. The van der Waals surface area contributed by atoms with Crippen molar-refractivity contribution in [3.8, 4) is 5.75 Å². The van der Waals surface area contributed by atoms with Crippen LogP contribution >= 0.6 is 0 Å². The normalized spacial score (nSPS) is 13.8. The molecule has 0 aromatic heterocycles. The molecule has 0 aliphatic carbocycles. The summed E-state index contributed by atoms with van der Waals surface area (Å²) >= 11 is 0. The first-order chi connectivity index (χ1) is 15.2. The van der Waals surface area contributed by atoms with Crippen LogP contribution in [0.3, 0.4) is 0 Å². The van der Waals surface area contributed by atoms with Gasteiger partial charge in [0.15, 0.2) is 0 Å². The highest BCUT2D eigenvalue weighted by molar-refractivity contribution is 7.92. The Bertz CT molecular complexity index is 1100. The largest absolute Gasteiger partial charge is 0.497 e. The van der Waals surface area contributed by atoms with Crippen LogP contribution in [0.15, 0.2) is 42.5 Å². The molecule has 8 nitrogen and oxygen atoms in total. The first-order valence-electron chi connectivity index (χ1n) is 10.5. The van der Waals surface area contributed by atoms with Gasteiger partial charge in [-0.2, -0.15) is 0 Å². The highest BCUT2D eigenvalue weighted by Crippen LogP contribution is 2.28. The molecule has 32 heavy (non-hydrogen) atoms. The Morgan fingerprint density at radius 3 is 2.66 bits per heavy atom. The average molecular weight is 460 g/mol. The van der Waals surface area contributed by atoms with Crippen LogP contribution in [0, 0.1) is 6.92 Å². The quantitative estimate of drug-likeness (QED) is 0.621. The smallest absolute Gasteiger partial charge is 0.232 e. The van der Waals surface area contributed by atoms with Crippen molar-refractivity contribution in [2.75, 3.05) is 41.0 Å². The number of sulfonamides is 1. The van der Waals surface area contributed by atoms with Crippen LogP contribution in [0.5, 0.6) is 5.75 Å². The second-order valence-corrected chi connectivity index (χ2v) is 9.75. The van der Waals surface area contributed by atoms with E-state index >= 15 is 0 Å². The van der Waals surface area contributed by atoms with Crippen molar-refractivity contribution in [3.63, 3.8) is 0 Å². The SMILES string of the molecule is COc1cccc(N(CCCC(=O)Nc2ccc(C)c(N3CCCC3=O)c2)S(C)(=O)=O)c1.